The highest BCUT2D eigenvalue weighted by atomic mass is 16.2. The van der Waals surface area contributed by atoms with E-state index in [0.29, 0.717) is 31.1 Å². The number of piperidine rings is 1. The van der Waals surface area contributed by atoms with Gasteiger partial charge in [-0.05, 0) is 48.4 Å². The van der Waals surface area contributed by atoms with Crippen molar-refractivity contribution in [3.05, 3.63) is 65.2 Å². The highest BCUT2D eigenvalue weighted by Gasteiger charge is 2.27. The fourth-order valence-corrected chi connectivity index (χ4v) is 3.83. The van der Waals surface area contributed by atoms with Crippen molar-refractivity contribution in [1.29, 1.82) is 0 Å². The Hall–Kier alpha value is -2.62. The summed E-state index contributed by atoms with van der Waals surface area (Å²) < 4.78 is 0. The van der Waals surface area contributed by atoms with E-state index in [1.54, 1.807) is 0 Å². The first kappa shape index (κ1) is 20.1. The maximum absolute atomic E-state index is 12.8. The van der Waals surface area contributed by atoms with Crippen LogP contribution in [0.2, 0.25) is 0 Å². The van der Waals surface area contributed by atoms with Crippen molar-refractivity contribution in [1.82, 2.24) is 4.90 Å². The lowest BCUT2D eigenvalue weighted by molar-refractivity contribution is -0.131. The summed E-state index contributed by atoms with van der Waals surface area (Å²) in [7, 11) is 0. The molecule has 28 heavy (non-hydrogen) atoms. The van der Waals surface area contributed by atoms with Gasteiger partial charge in [-0.25, -0.2) is 0 Å². The molecule has 3 rings (SSSR count). The number of nitrogens with zero attached hydrogens (tertiary/aromatic N) is 1. The van der Waals surface area contributed by atoms with Gasteiger partial charge in [0.2, 0.25) is 5.91 Å². The highest BCUT2D eigenvalue weighted by Crippen LogP contribution is 2.23. The molecule has 2 aromatic carbocycles. The third-order valence-corrected chi connectivity index (χ3v) is 5.44. The van der Waals surface area contributed by atoms with E-state index in [2.05, 4.69) is 26.0 Å². The predicted octanol–water partition coefficient (Wildman–Crippen LogP) is 4.13. The standard InChI is InChI=1S/C24H30N2O2/c1-17(2)15-18-3-7-20(8-4-18)24(28)21-11-13-26(14-12-21)23(27)16-19-5-9-22(25)10-6-19/h3-10,17,21H,11-16,25H2,1-2H3. The molecule has 2 aromatic rings. The van der Waals surface area contributed by atoms with Crippen LogP contribution in [0.15, 0.2) is 48.5 Å². The summed E-state index contributed by atoms with van der Waals surface area (Å²) in [6, 6.07) is 15.5. The van der Waals surface area contributed by atoms with Crippen molar-refractivity contribution in [2.75, 3.05) is 18.8 Å². The number of nitrogens with two attached hydrogens (primary N) is 1. The summed E-state index contributed by atoms with van der Waals surface area (Å²) in [5.74, 6) is 0.948. The zero-order chi connectivity index (χ0) is 20.1. The second-order valence-electron chi connectivity index (χ2n) is 8.23. The Morgan fingerprint density at radius 2 is 1.54 bits per heavy atom. The molecular weight excluding hydrogens is 348 g/mol. The van der Waals surface area contributed by atoms with Crippen LogP contribution in [0.1, 0.15) is 48.2 Å². The van der Waals surface area contributed by atoms with Crippen molar-refractivity contribution in [3.8, 4) is 0 Å². The monoisotopic (exact) mass is 378 g/mol. The normalized spacial score (nSPS) is 15.0. The van der Waals surface area contributed by atoms with Crippen LogP contribution in [-0.4, -0.2) is 29.7 Å². The van der Waals surface area contributed by atoms with Crippen LogP contribution in [0.5, 0.6) is 0 Å². The quantitative estimate of drug-likeness (QED) is 0.607. The number of anilines is 1. The molecule has 148 valence electrons. The molecule has 0 atom stereocenters. The summed E-state index contributed by atoms with van der Waals surface area (Å²) in [6.45, 7) is 5.69. The molecule has 1 heterocycles. The first-order chi connectivity index (χ1) is 13.4. The van der Waals surface area contributed by atoms with Gasteiger partial charge in [0.05, 0.1) is 6.42 Å². The topological polar surface area (TPSA) is 63.4 Å². The zero-order valence-electron chi connectivity index (χ0n) is 16.9. The van der Waals surface area contributed by atoms with Gasteiger partial charge in [-0.1, -0.05) is 50.2 Å². The number of hydrogen-bond acceptors (Lipinski definition) is 3. The molecule has 1 aliphatic heterocycles. The Kier molecular flexibility index (Phi) is 6.50. The molecular formula is C24H30N2O2. The number of nitrogen functional groups attached to an aromatic ring is 1. The maximum Gasteiger partial charge on any atom is 0.226 e. The van der Waals surface area contributed by atoms with Gasteiger partial charge in [0, 0.05) is 30.3 Å². The minimum atomic E-state index is 0.0107. The van der Waals surface area contributed by atoms with Gasteiger partial charge < -0.3 is 10.6 Å². The Morgan fingerprint density at radius 3 is 2.11 bits per heavy atom. The maximum atomic E-state index is 12.8. The van der Waals surface area contributed by atoms with Crippen LogP contribution in [0.25, 0.3) is 0 Å². The van der Waals surface area contributed by atoms with E-state index < -0.39 is 0 Å². The van der Waals surface area contributed by atoms with E-state index in [0.717, 1.165) is 30.4 Å². The van der Waals surface area contributed by atoms with Crippen molar-refractivity contribution in [2.24, 2.45) is 11.8 Å². The molecule has 0 bridgehead atoms. The molecule has 1 saturated heterocycles. The van der Waals surface area contributed by atoms with Crippen LogP contribution < -0.4 is 5.73 Å². The second kappa shape index (κ2) is 9.05. The average molecular weight is 379 g/mol. The molecule has 4 heteroatoms. The fraction of sp³-hybridized carbons (Fsp3) is 0.417. The van der Waals surface area contributed by atoms with E-state index in [-0.39, 0.29) is 17.6 Å². The first-order valence-corrected chi connectivity index (χ1v) is 10.2. The number of ketones is 1. The molecule has 2 N–H and O–H groups in total. The summed E-state index contributed by atoms with van der Waals surface area (Å²) in [5.41, 5.74) is 9.43. The number of likely N-dealkylation sites (tertiary alicyclic amines) is 1. The van der Waals surface area contributed by atoms with E-state index in [4.69, 9.17) is 5.73 Å². The van der Waals surface area contributed by atoms with Gasteiger partial charge in [-0.15, -0.1) is 0 Å². The molecule has 1 aliphatic rings. The molecule has 0 unspecified atom stereocenters. The van der Waals surface area contributed by atoms with Gasteiger partial charge in [-0.2, -0.15) is 0 Å². The SMILES string of the molecule is CC(C)Cc1ccc(C(=O)C2CCN(C(=O)Cc3ccc(N)cc3)CC2)cc1. The number of benzene rings is 2. The van der Waals surface area contributed by atoms with E-state index >= 15 is 0 Å². The van der Waals surface area contributed by atoms with Gasteiger partial charge >= 0.3 is 0 Å². The van der Waals surface area contributed by atoms with Crippen molar-refractivity contribution < 1.29 is 9.59 Å². The molecule has 0 aliphatic carbocycles. The lowest BCUT2D eigenvalue weighted by atomic mass is 9.88. The Balaban J connectivity index is 1.52. The van der Waals surface area contributed by atoms with Crippen LogP contribution >= 0.6 is 0 Å². The van der Waals surface area contributed by atoms with Gasteiger partial charge in [0.1, 0.15) is 0 Å². The van der Waals surface area contributed by atoms with Gasteiger partial charge in [-0.3, -0.25) is 9.59 Å². The number of carbonyl (C=O) groups excluding carboxylic acids is 2. The number of carbonyl (C=O) groups is 2. The largest absolute Gasteiger partial charge is 0.399 e. The molecule has 0 radical (unpaired) electrons. The van der Waals surface area contributed by atoms with E-state index in [1.165, 1.54) is 5.56 Å². The summed E-state index contributed by atoms with van der Waals surface area (Å²) in [5, 5.41) is 0. The van der Waals surface area contributed by atoms with E-state index in [9.17, 15) is 9.59 Å². The zero-order valence-corrected chi connectivity index (χ0v) is 16.9. The number of rotatable bonds is 6. The van der Waals surface area contributed by atoms with Crippen molar-refractivity contribution >= 4 is 17.4 Å². The second-order valence-corrected chi connectivity index (χ2v) is 8.23. The number of hydrogen-bond donors (Lipinski definition) is 1. The lowest BCUT2D eigenvalue weighted by Crippen LogP contribution is -2.41. The number of Topliss-reactive ketones (excluding diaryl/α,β-unsaturated/α-hetero) is 1. The molecule has 0 aromatic heterocycles. The summed E-state index contributed by atoms with van der Waals surface area (Å²) >= 11 is 0. The smallest absolute Gasteiger partial charge is 0.226 e. The molecule has 1 amide bonds. The third-order valence-electron chi connectivity index (χ3n) is 5.44. The minimum absolute atomic E-state index is 0.0107. The van der Waals surface area contributed by atoms with Crippen molar-refractivity contribution in [2.45, 2.75) is 39.5 Å². The predicted molar refractivity (Wildman–Crippen MR) is 113 cm³/mol. The first-order valence-electron chi connectivity index (χ1n) is 10.2. The fourth-order valence-electron chi connectivity index (χ4n) is 3.83. The molecule has 0 saturated carbocycles. The Labute approximate surface area is 167 Å². The minimum Gasteiger partial charge on any atom is -0.399 e. The van der Waals surface area contributed by atoms with Crippen LogP contribution in [-0.2, 0) is 17.6 Å². The number of amides is 1. The third kappa shape index (κ3) is 5.22. The lowest BCUT2D eigenvalue weighted by Gasteiger charge is -2.31. The van der Waals surface area contributed by atoms with E-state index in [1.807, 2.05) is 41.3 Å². The van der Waals surface area contributed by atoms with Crippen LogP contribution in [0.3, 0.4) is 0 Å². The molecule has 4 nitrogen and oxygen atoms in total. The van der Waals surface area contributed by atoms with Crippen LogP contribution in [0.4, 0.5) is 5.69 Å². The van der Waals surface area contributed by atoms with Gasteiger partial charge in [0.15, 0.2) is 5.78 Å². The summed E-state index contributed by atoms with van der Waals surface area (Å²) in [6.07, 6.45) is 2.89. The molecule has 1 fully saturated rings. The van der Waals surface area contributed by atoms with Crippen molar-refractivity contribution in [3.63, 3.8) is 0 Å². The van der Waals surface area contributed by atoms with Gasteiger partial charge in [0.25, 0.3) is 0 Å². The molecule has 0 spiro atoms. The highest BCUT2D eigenvalue weighted by molar-refractivity contribution is 5.98. The average Bonchev–Trinajstić information content (AvgIpc) is 2.69. The Bertz CT molecular complexity index is 802. The summed E-state index contributed by atoms with van der Waals surface area (Å²) in [4.78, 5) is 27.2. The Morgan fingerprint density at radius 1 is 0.964 bits per heavy atom. The van der Waals surface area contributed by atoms with Crippen LogP contribution in [0, 0.1) is 11.8 Å².